The van der Waals surface area contributed by atoms with Crippen molar-refractivity contribution in [1.82, 2.24) is 9.88 Å². The molecule has 0 fully saturated rings. The summed E-state index contributed by atoms with van der Waals surface area (Å²) in [7, 11) is 3.70. The number of oxazole rings is 1. The number of halogens is 1. The Morgan fingerprint density at radius 3 is 2.50 bits per heavy atom. The molecule has 1 heterocycles. The lowest BCUT2D eigenvalue weighted by Gasteiger charge is -2.15. The van der Waals surface area contributed by atoms with E-state index in [4.69, 9.17) is 9.15 Å². The third kappa shape index (κ3) is 4.05. The average molecular weight is 376 g/mol. The summed E-state index contributed by atoms with van der Waals surface area (Å²) in [4.78, 5) is 6.49. The summed E-state index contributed by atoms with van der Waals surface area (Å²) >= 11 is 0. The number of aromatic nitrogens is 1. The molecule has 0 unspecified atom stereocenters. The lowest BCUT2D eigenvalue weighted by Crippen LogP contribution is -2.17. The van der Waals surface area contributed by atoms with Crippen LogP contribution in [0.2, 0.25) is 0 Å². The van der Waals surface area contributed by atoms with Crippen LogP contribution in [0.5, 0.6) is 5.75 Å². The molecular formula is C23H21FN2O2. The van der Waals surface area contributed by atoms with Gasteiger partial charge in [0.05, 0.1) is 19.9 Å². The van der Waals surface area contributed by atoms with Gasteiger partial charge in [-0.3, -0.25) is 4.90 Å². The van der Waals surface area contributed by atoms with E-state index in [-0.39, 0.29) is 5.82 Å². The van der Waals surface area contributed by atoms with Crippen molar-refractivity contribution in [3.05, 3.63) is 84.1 Å². The lowest BCUT2D eigenvalue weighted by atomic mass is 10.1. The summed E-state index contributed by atoms with van der Waals surface area (Å²) < 4.78 is 24.2. The molecule has 0 aliphatic rings. The zero-order valence-electron chi connectivity index (χ0n) is 15.9. The highest BCUT2D eigenvalue weighted by atomic mass is 19.1. The van der Waals surface area contributed by atoms with E-state index in [2.05, 4.69) is 34.1 Å². The van der Waals surface area contributed by atoms with Gasteiger partial charge >= 0.3 is 0 Å². The summed E-state index contributed by atoms with van der Waals surface area (Å²) in [5.41, 5.74) is 2.03. The minimum Gasteiger partial charge on any atom is -0.497 e. The Morgan fingerprint density at radius 1 is 0.964 bits per heavy atom. The first kappa shape index (κ1) is 18.2. The second kappa shape index (κ2) is 7.82. The van der Waals surface area contributed by atoms with Crippen LogP contribution in [0.1, 0.15) is 11.5 Å². The zero-order chi connectivity index (χ0) is 19.5. The molecule has 5 heteroatoms. The van der Waals surface area contributed by atoms with Gasteiger partial charge in [0.2, 0.25) is 5.89 Å². The van der Waals surface area contributed by atoms with E-state index in [9.17, 15) is 4.39 Å². The van der Waals surface area contributed by atoms with Crippen molar-refractivity contribution < 1.29 is 13.5 Å². The Balaban J connectivity index is 1.43. The first-order valence-electron chi connectivity index (χ1n) is 9.06. The van der Waals surface area contributed by atoms with Gasteiger partial charge in [0.25, 0.3) is 0 Å². The Kier molecular flexibility index (Phi) is 5.08. The average Bonchev–Trinajstić information content (AvgIpc) is 3.16. The highest BCUT2D eigenvalue weighted by Crippen LogP contribution is 2.23. The third-order valence-corrected chi connectivity index (χ3v) is 4.65. The largest absolute Gasteiger partial charge is 0.497 e. The number of benzene rings is 3. The molecule has 0 amide bonds. The lowest BCUT2D eigenvalue weighted by molar-refractivity contribution is 0.283. The van der Waals surface area contributed by atoms with Crippen LogP contribution in [0.15, 0.2) is 71.3 Å². The van der Waals surface area contributed by atoms with E-state index in [1.54, 1.807) is 25.4 Å². The molecule has 28 heavy (non-hydrogen) atoms. The van der Waals surface area contributed by atoms with Crippen molar-refractivity contribution in [2.24, 2.45) is 0 Å². The number of nitrogens with zero attached hydrogens (tertiary/aromatic N) is 2. The highest BCUT2D eigenvalue weighted by molar-refractivity contribution is 5.84. The van der Waals surface area contributed by atoms with E-state index in [0.717, 1.165) is 23.2 Å². The van der Waals surface area contributed by atoms with Gasteiger partial charge < -0.3 is 9.15 Å². The molecule has 4 rings (SSSR count). The van der Waals surface area contributed by atoms with Gasteiger partial charge in [-0.25, -0.2) is 9.37 Å². The fourth-order valence-corrected chi connectivity index (χ4v) is 3.23. The molecule has 0 saturated carbocycles. The van der Waals surface area contributed by atoms with Gasteiger partial charge in [-0.2, -0.15) is 0 Å². The number of methoxy groups -OCH3 is 1. The Bertz CT molecular complexity index is 1090. The molecule has 0 radical (unpaired) electrons. The van der Waals surface area contributed by atoms with E-state index >= 15 is 0 Å². The molecule has 4 nitrogen and oxygen atoms in total. The number of rotatable bonds is 6. The van der Waals surface area contributed by atoms with E-state index < -0.39 is 0 Å². The van der Waals surface area contributed by atoms with Crippen molar-refractivity contribution in [2.75, 3.05) is 14.2 Å². The fourth-order valence-electron chi connectivity index (χ4n) is 3.23. The molecule has 0 bridgehead atoms. The summed E-state index contributed by atoms with van der Waals surface area (Å²) in [6.45, 7) is 1.36. The van der Waals surface area contributed by atoms with E-state index in [1.165, 1.54) is 23.1 Å². The maximum atomic E-state index is 13.1. The van der Waals surface area contributed by atoms with Gasteiger partial charge in [0, 0.05) is 12.1 Å². The molecule has 0 atom stereocenters. The maximum Gasteiger partial charge on any atom is 0.209 e. The van der Waals surface area contributed by atoms with Crippen LogP contribution in [0.25, 0.3) is 22.1 Å². The molecule has 0 aliphatic heterocycles. The van der Waals surface area contributed by atoms with Crippen molar-refractivity contribution in [3.8, 4) is 17.1 Å². The Hall–Kier alpha value is -3.18. The molecule has 0 N–H and O–H groups in total. The smallest absolute Gasteiger partial charge is 0.209 e. The second-order valence-corrected chi connectivity index (χ2v) is 6.84. The topological polar surface area (TPSA) is 38.5 Å². The number of hydrogen-bond acceptors (Lipinski definition) is 4. The molecule has 3 aromatic carbocycles. The van der Waals surface area contributed by atoms with Crippen LogP contribution in [0, 0.1) is 5.82 Å². The van der Waals surface area contributed by atoms with E-state index in [1.807, 2.05) is 19.2 Å². The Labute approximate surface area is 163 Å². The first-order valence-corrected chi connectivity index (χ1v) is 9.06. The monoisotopic (exact) mass is 376 g/mol. The number of hydrogen-bond donors (Lipinski definition) is 0. The third-order valence-electron chi connectivity index (χ3n) is 4.65. The van der Waals surface area contributed by atoms with Crippen LogP contribution < -0.4 is 4.74 Å². The van der Waals surface area contributed by atoms with Gasteiger partial charge in [-0.15, -0.1) is 0 Å². The minimum atomic E-state index is -0.267. The molecule has 1 aromatic heterocycles. The predicted octanol–water partition coefficient (Wildman–Crippen LogP) is 5.27. The summed E-state index contributed by atoms with van der Waals surface area (Å²) in [6.07, 6.45) is 1.68. The first-order chi connectivity index (χ1) is 13.6. The summed E-state index contributed by atoms with van der Waals surface area (Å²) in [6, 6.07) is 18.7. The van der Waals surface area contributed by atoms with Crippen molar-refractivity contribution in [1.29, 1.82) is 0 Å². The van der Waals surface area contributed by atoms with Crippen LogP contribution >= 0.6 is 0 Å². The predicted molar refractivity (Wildman–Crippen MR) is 108 cm³/mol. The zero-order valence-corrected chi connectivity index (χ0v) is 15.9. The quantitative estimate of drug-likeness (QED) is 0.459. The van der Waals surface area contributed by atoms with Crippen molar-refractivity contribution in [3.63, 3.8) is 0 Å². The van der Waals surface area contributed by atoms with Gasteiger partial charge in [0.1, 0.15) is 11.6 Å². The fraction of sp³-hybridized carbons (Fsp3) is 0.174. The van der Waals surface area contributed by atoms with E-state index in [0.29, 0.717) is 18.2 Å². The summed E-state index contributed by atoms with van der Waals surface area (Å²) in [5.74, 6) is 1.87. The molecule has 0 spiro atoms. The van der Waals surface area contributed by atoms with Crippen LogP contribution in [0.4, 0.5) is 4.39 Å². The minimum absolute atomic E-state index is 0.267. The maximum absolute atomic E-state index is 13.1. The van der Waals surface area contributed by atoms with Crippen molar-refractivity contribution >= 4 is 10.8 Å². The van der Waals surface area contributed by atoms with Gasteiger partial charge in [-0.1, -0.05) is 18.2 Å². The normalized spacial score (nSPS) is 11.3. The van der Waals surface area contributed by atoms with Crippen molar-refractivity contribution in [2.45, 2.75) is 13.1 Å². The van der Waals surface area contributed by atoms with Gasteiger partial charge in [-0.05, 0) is 65.8 Å². The summed E-state index contributed by atoms with van der Waals surface area (Å²) in [5, 5.41) is 2.34. The second-order valence-electron chi connectivity index (χ2n) is 6.84. The molecule has 142 valence electrons. The standard InChI is InChI=1S/C23H21FN2O2/c1-26(14-16-3-4-19-12-21(27-2)10-7-18(19)11-16)15-23-25-13-22(28-23)17-5-8-20(24)9-6-17/h3-13H,14-15H2,1-2H3. The molecular weight excluding hydrogens is 355 g/mol. The van der Waals surface area contributed by atoms with Crippen LogP contribution in [-0.2, 0) is 13.1 Å². The number of fused-ring (bicyclic) bond motifs is 1. The molecule has 0 aliphatic carbocycles. The molecule has 4 aromatic rings. The Morgan fingerprint density at radius 2 is 1.71 bits per heavy atom. The molecule has 0 saturated heterocycles. The van der Waals surface area contributed by atoms with Gasteiger partial charge in [0.15, 0.2) is 5.76 Å². The number of ether oxygens (including phenoxy) is 1. The highest BCUT2D eigenvalue weighted by Gasteiger charge is 2.10. The van der Waals surface area contributed by atoms with Crippen LogP contribution in [0.3, 0.4) is 0 Å². The SMILES string of the molecule is COc1ccc2cc(CN(C)Cc3ncc(-c4ccc(F)cc4)o3)ccc2c1. The van der Waals surface area contributed by atoms with Crippen LogP contribution in [-0.4, -0.2) is 24.0 Å².